The lowest BCUT2D eigenvalue weighted by Gasteiger charge is -2.10. The second-order valence-electron chi connectivity index (χ2n) is 4.87. The Morgan fingerprint density at radius 1 is 1.12 bits per heavy atom. The molecule has 0 saturated heterocycles. The van der Waals surface area contributed by atoms with E-state index in [2.05, 4.69) is 10.6 Å². The molecule has 0 heterocycles. The molecule has 0 atom stereocenters. The number of carboxylic acids is 1. The maximum atomic E-state index is 12.1. The van der Waals surface area contributed by atoms with Gasteiger partial charge in [0, 0.05) is 12.1 Å². The van der Waals surface area contributed by atoms with Crippen LogP contribution in [0.15, 0.2) is 48.5 Å². The molecule has 0 aliphatic carbocycles. The number of carboxylic acid groups (broad SMARTS) is 1. The summed E-state index contributed by atoms with van der Waals surface area (Å²) in [5, 5.41) is 14.5. The maximum absolute atomic E-state index is 12.1. The number of aromatic carboxylic acids is 1. The first-order valence-electron chi connectivity index (χ1n) is 7.05. The molecular formula is C17H16N2O4S. The molecule has 0 aromatic heterocycles. The van der Waals surface area contributed by atoms with E-state index in [-0.39, 0.29) is 16.6 Å². The van der Waals surface area contributed by atoms with Gasteiger partial charge in [-0.15, -0.1) is 0 Å². The number of hydrogen-bond acceptors (Lipinski definition) is 4. The van der Waals surface area contributed by atoms with Crippen LogP contribution in [0.1, 0.15) is 26.3 Å². The summed E-state index contributed by atoms with van der Waals surface area (Å²) in [6.45, 7) is 0.372. The fourth-order valence-electron chi connectivity index (χ4n) is 1.93. The minimum atomic E-state index is -0.976. The summed E-state index contributed by atoms with van der Waals surface area (Å²) in [5.41, 5.74) is 1.50. The Balaban J connectivity index is 1.88. The summed E-state index contributed by atoms with van der Waals surface area (Å²) in [4.78, 5) is 22.9. The lowest BCUT2D eigenvalue weighted by Crippen LogP contribution is -2.38. The van der Waals surface area contributed by atoms with E-state index < -0.39 is 5.97 Å². The third-order valence-corrected chi connectivity index (χ3v) is 3.46. The van der Waals surface area contributed by atoms with Crippen LogP contribution in [-0.2, 0) is 6.54 Å². The second-order valence-corrected chi connectivity index (χ2v) is 5.28. The normalized spacial score (nSPS) is 9.88. The van der Waals surface area contributed by atoms with Crippen LogP contribution in [0.2, 0.25) is 0 Å². The number of carbonyl (C=O) groups excluding carboxylic acids is 1. The molecule has 6 nitrogen and oxygen atoms in total. The van der Waals surface area contributed by atoms with Crippen LogP contribution in [0.4, 0.5) is 0 Å². The van der Waals surface area contributed by atoms with E-state index in [1.165, 1.54) is 19.2 Å². The van der Waals surface area contributed by atoms with Gasteiger partial charge in [0.1, 0.15) is 5.75 Å². The molecule has 0 radical (unpaired) electrons. The van der Waals surface area contributed by atoms with Crippen LogP contribution < -0.4 is 15.4 Å². The van der Waals surface area contributed by atoms with Crippen LogP contribution >= 0.6 is 12.2 Å². The van der Waals surface area contributed by atoms with Gasteiger partial charge < -0.3 is 15.2 Å². The van der Waals surface area contributed by atoms with Gasteiger partial charge in [-0.3, -0.25) is 10.1 Å². The van der Waals surface area contributed by atoms with Crippen molar-refractivity contribution in [1.29, 1.82) is 0 Å². The van der Waals surface area contributed by atoms with Crippen LogP contribution in [0, 0.1) is 0 Å². The summed E-state index contributed by atoms with van der Waals surface area (Å²) < 4.78 is 5.07. The van der Waals surface area contributed by atoms with E-state index in [1.807, 2.05) is 0 Å². The minimum absolute atomic E-state index is 0.185. The molecule has 124 valence electrons. The molecule has 0 unspecified atom stereocenters. The van der Waals surface area contributed by atoms with Crippen molar-refractivity contribution in [3.05, 3.63) is 65.2 Å². The topological polar surface area (TPSA) is 87.7 Å². The first-order valence-corrected chi connectivity index (χ1v) is 7.46. The number of benzene rings is 2. The highest BCUT2D eigenvalue weighted by molar-refractivity contribution is 7.80. The molecule has 1 amide bonds. The SMILES string of the molecule is COc1cccc(C(=O)NC(=S)NCc2ccc(C(=O)O)cc2)c1. The van der Waals surface area contributed by atoms with Crippen molar-refractivity contribution < 1.29 is 19.4 Å². The highest BCUT2D eigenvalue weighted by atomic mass is 32.1. The Bertz CT molecular complexity index is 759. The number of hydrogen-bond donors (Lipinski definition) is 3. The second kappa shape index (κ2) is 8.07. The Morgan fingerprint density at radius 3 is 2.46 bits per heavy atom. The van der Waals surface area contributed by atoms with Crippen molar-refractivity contribution in [1.82, 2.24) is 10.6 Å². The molecule has 7 heteroatoms. The lowest BCUT2D eigenvalue weighted by molar-refractivity contribution is 0.0696. The number of nitrogens with one attached hydrogen (secondary N) is 2. The van der Waals surface area contributed by atoms with Gasteiger partial charge >= 0.3 is 5.97 Å². The molecular weight excluding hydrogens is 328 g/mol. The summed E-state index contributed by atoms with van der Waals surface area (Å²) in [6.07, 6.45) is 0. The van der Waals surface area contributed by atoms with Crippen molar-refractivity contribution in [2.75, 3.05) is 7.11 Å². The van der Waals surface area contributed by atoms with Crippen LogP contribution in [0.25, 0.3) is 0 Å². The van der Waals surface area contributed by atoms with Crippen molar-refractivity contribution in [3.8, 4) is 5.75 Å². The standard InChI is InChI=1S/C17H16N2O4S/c1-23-14-4-2-3-13(9-14)15(20)19-17(24)18-10-11-5-7-12(8-6-11)16(21)22/h2-9H,10H2,1H3,(H,21,22)(H2,18,19,20,24). The molecule has 2 aromatic carbocycles. The van der Waals surface area contributed by atoms with Gasteiger partial charge in [0.05, 0.1) is 12.7 Å². The average molecular weight is 344 g/mol. The zero-order valence-electron chi connectivity index (χ0n) is 12.9. The van der Waals surface area contributed by atoms with Gasteiger partial charge in [0.15, 0.2) is 5.11 Å². The first kappa shape index (κ1) is 17.4. The van der Waals surface area contributed by atoms with Gasteiger partial charge in [-0.1, -0.05) is 18.2 Å². The number of methoxy groups -OCH3 is 1. The van der Waals surface area contributed by atoms with E-state index in [0.717, 1.165) is 5.56 Å². The Morgan fingerprint density at radius 2 is 1.83 bits per heavy atom. The molecule has 3 N–H and O–H groups in total. The molecule has 0 saturated carbocycles. The van der Waals surface area contributed by atoms with E-state index in [9.17, 15) is 9.59 Å². The largest absolute Gasteiger partial charge is 0.497 e. The summed E-state index contributed by atoms with van der Waals surface area (Å²) >= 11 is 5.09. The molecule has 0 aliphatic rings. The number of rotatable bonds is 5. The van der Waals surface area contributed by atoms with Crippen LogP contribution in [0.3, 0.4) is 0 Å². The van der Waals surface area contributed by atoms with Crippen LogP contribution in [-0.4, -0.2) is 29.2 Å². The highest BCUT2D eigenvalue weighted by Gasteiger charge is 2.09. The van der Waals surface area contributed by atoms with E-state index in [1.54, 1.807) is 36.4 Å². The molecule has 0 bridgehead atoms. The van der Waals surface area contributed by atoms with Gasteiger partial charge in [-0.2, -0.15) is 0 Å². The highest BCUT2D eigenvalue weighted by Crippen LogP contribution is 2.12. The molecule has 2 aromatic rings. The Hall–Kier alpha value is -2.93. The predicted octanol–water partition coefficient (Wildman–Crippen LogP) is 2.20. The fraction of sp³-hybridized carbons (Fsp3) is 0.118. The van der Waals surface area contributed by atoms with Crippen molar-refractivity contribution >= 4 is 29.2 Å². The first-order chi connectivity index (χ1) is 11.5. The lowest BCUT2D eigenvalue weighted by atomic mass is 10.1. The van der Waals surface area contributed by atoms with E-state index >= 15 is 0 Å². The third-order valence-electron chi connectivity index (χ3n) is 3.21. The molecule has 0 aliphatic heterocycles. The number of ether oxygens (including phenoxy) is 1. The minimum Gasteiger partial charge on any atom is -0.497 e. The predicted molar refractivity (Wildman–Crippen MR) is 93.3 cm³/mol. The quantitative estimate of drug-likeness (QED) is 0.721. The Labute approximate surface area is 144 Å². The van der Waals surface area contributed by atoms with Crippen molar-refractivity contribution in [3.63, 3.8) is 0 Å². The average Bonchev–Trinajstić information content (AvgIpc) is 2.60. The summed E-state index contributed by atoms with van der Waals surface area (Å²) in [7, 11) is 1.53. The maximum Gasteiger partial charge on any atom is 0.335 e. The molecule has 2 rings (SSSR count). The smallest absolute Gasteiger partial charge is 0.335 e. The zero-order valence-corrected chi connectivity index (χ0v) is 13.7. The zero-order chi connectivity index (χ0) is 17.5. The number of carbonyl (C=O) groups is 2. The summed E-state index contributed by atoms with van der Waals surface area (Å²) in [5.74, 6) is -0.733. The molecule has 0 spiro atoms. The van der Waals surface area contributed by atoms with Crippen LogP contribution in [0.5, 0.6) is 5.75 Å². The van der Waals surface area contributed by atoms with E-state index in [4.69, 9.17) is 22.1 Å². The summed E-state index contributed by atoms with van der Waals surface area (Å²) in [6, 6.07) is 13.1. The molecule has 0 fully saturated rings. The number of amides is 1. The number of thiocarbonyl (C=S) groups is 1. The molecule has 24 heavy (non-hydrogen) atoms. The Kier molecular flexibility index (Phi) is 5.86. The fourth-order valence-corrected chi connectivity index (χ4v) is 2.10. The van der Waals surface area contributed by atoms with Crippen molar-refractivity contribution in [2.24, 2.45) is 0 Å². The van der Waals surface area contributed by atoms with Gasteiger partial charge in [0.25, 0.3) is 5.91 Å². The van der Waals surface area contributed by atoms with Gasteiger partial charge in [-0.05, 0) is 48.1 Å². The van der Waals surface area contributed by atoms with Crippen molar-refractivity contribution in [2.45, 2.75) is 6.54 Å². The monoisotopic (exact) mass is 344 g/mol. The third kappa shape index (κ3) is 4.79. The van der Waals surface area contributed by atoms with Gasteiger partial charge in [0.2, 0.25) is 0 Å². The van der Waals surface area contributed by atoms with E-state index in [0.29, 0.717) is 17.9 Å². The van der Waals surface area contributed by atoms with Gasteiger partial charge in [-0.25, -0.2) is 4.79 Å².